The number of imide groups is 1. The minimum Gasteiger partial charge on any atom is -0.373 e. The zero-order valence-corrected chi connectivity index (χ0v) is 17.0. The third-order valence-electron chi connectivity index (χ3n) is 7.17. The minimum absolute atomic E-state index is 0.00459. The van der Waals surface area contributed by atoms with Crippen LogP contribution in [0.2, 0.25) is 0 Å². The van der Waals surface area contributed by atoms with Gasteiger partial charge >= 0.3 is 6.03 Å². The average Bonchev–Trinajstić information content (AvgIpc) is 3.41. The first-order valence-corrected chi connectivity index (χ1v) is 11.1. The number of nitrogens with zero attached hydrogens (tertiary/aromatic N) is 3. The van der Waals surface area contributed by atoms with E-state index in [0.717, 1.165) is 55.7 Å². The van der Waals surface area contributed by atoms with E-state index in [4.69, 9.17) is 9.72 Å². The van der Waals surface area contributed by atoms with E-state index in [1.165, 1.54) is 18.4 Å². The molecule has 1 atom stereocenters. The monoisotopic (exact) mass is 409 g/mol. The Morgan fingerprint density at radius 2 is 2.03 bits per heavy atom. The average molecular weight is 409 g/mol. The Morgan fingerprint density at radius 1 is 1.20 bits per heavy atom. The zero-order valence-electron chi connectivity index (χ0n) is 17.0. The maximum absolute atomic E-state index is 12.3. The number of hydrogen-bond donors (Lipinski definition) is 2. The van der Waals surface area contributed by atoms with Gasteiger partial charge in [-0.1, -0.05) is 0 Å². The Morgan fingerprint density at radius 3 is 2.80 bits per heavy atom. The number of nitrogens with one attached hydrogen (secondary N) is 2. The molecule has 8 heteroatoms. The topological polar surface area (TPSA) is 88.5 Å². The molecule has 1 saturated carbocycles. The van der Waals surface area contributed by atoms with E-state index < -0.39 is 0 Å². The van der Waals surface area contributed by atoms with Crippen LogP contribution >= 0.6 is 0 Å². The number of fused-ring (bicyclic) bond motifs is 1. The molecule has 3 aliphatic heterocycles. The Balaban J connectivity index is 1.35. The second-order valence-electron chi connectivity index (χ2n) is 9.19. The first-order valence-electron chi connectivity index (χ1n) is 11.1. The van der Waals surface area contributed by atoms with Crippen molar-refractivity contribution in [3.8, 4) is 0 Å². The van der Waals surface area contributed by atoms with Gasteiger partial charge in [0.2, 0.25) is 5.91 Å². The van der Waals surface area contributed by atoms with Crippen LogP contribution in [0.4, 0.5) is 10.5 Å². The van der Waals surface area contributed by atoms with Gasteiger partial charge in [-0.25, -0.2) is 9.78 Å². The quantitative estimate of drug-likeness (QED) is 0.813. The van der Waals surface area contributed by atoms with Gasteiger partial charge in [0, 0.05) is 24.5 Å². The normalized spacial score (nSPS) is 26.5. The molecule has 3 saturated heterocycles. The molecule has 158 valence electrons. The molecule has 6 rings (SSSR count). The van der Waals surface area contributed by atoms with Crippen molar-refractivity contribution in [2.24, 2.45) is 0 Å². The summed E-state index contributed by atoms with van der Waals surface area (Å²) in [7, 11) is 0. The second-order valence-corrected chi connectivity index (χ2v) is 9.19. The lowest BCUT2D eigenvalue weighted by Crippen LogP contribution is -2.49. The molecule has 0 radical (unpaired) electrons. The Hall–Kier alpha value is -2.45. The predicted molar refractivity (Wildman–Crippen MR) is 112 cm³/mol. The van der Waals surface area contributed by atoms with E-state index in [9.17, 15) is 9.59 Å². The van der Waals surface area contributed by atoms with Gasteiger partial charge in [-0.05, 0) is 62.7 Å². The lowest BCUT2D eigenvalue weighted by Gasteiger charge is -2.32. The van der Waals surface area contributed by atoms with E-state index in [1.807, 2.05) is 0 Å². The summed E-state index contributed by atoms with van der Waals surface area (Å²) in [6, 6.07) is 2.02. The summed E-state index contributed by atoms with van der Waals surface area (Å²) in [6.45, 7) is 3.17. The van der Waals surface area contributed by atoms with Crippen LogP contribution < -0.4 is 15.5 Å². The second kappa shape index (κ2) is 6.78. The maximum Gasteiger partial charge on any atom is 0.328 e. The number of piperidine rings is 1. The highest BCUT2D eigenvalue weighted by Crippen LogP contribution is 2.47. The van der Waals surface area contributed by atoms with Crippen molar-refractivity contribution in [3.05, 3.63) is 24.0 Å². The Bertz CT molecular complexity index is 1020. The van der Waals surface area contributed by atoms with Crippen molar-refractivity contribution in [1.82, 2.24) is 20.2 Å². The van der Waals surface area contributed by atoms with Crippen LogP contribution in [0, 0.1) is 0 Å². The largest absolute Gasteiger partial charge is 0.373 e. The third kappa shape index (κ3) is 3.01. The molecule has 1 spiro atoms. The molecule has 2 N–H and O–H groups in total. The lowest BCUT2D eigenvalue weighted by atomic mass is 9.88. The van der Waals surface area contributed by atoms with E-state index in [1.54, 1.807) is 11.1 Å². The van der Waals surface area contributed by atoms with E-state index in [-0.39, 0.29) is 17.5 Å². The van der Waals surface area contributed by atoms with Crippen molar-refractivity contribution in [2.45, 2.75) is 56.1 Å². The van der Waals surface area contributed by atoms with Gasteiger partial charge in [-0.2, -0.15) is 0 Å². The number of rotatable bonds is 3. The summed E-state index contributed by atoms with van der Waals surface area (Å²) in [6.07, 6.45) is 9.95. The van der Waals surface area contributed by atoms with Gasteiger partial charge in [0.25, 0.3) is 0 Å². The van der Waals surface area contributed by atoms with Crippen LogP contribution in [0.1, 0.15) is 56.0 Å². The summed E-state index contributed by atoms with van der Waals surface area (Å²) in [4.78, 5) is 30.2. The molecule has 8 nitrogen and oxygen atoms in total. The minimum atomic E-state index is -0.364. The van der Waals surface area contributed by atoms with Gasteiger partial charge < -0.3 is 14.6 Å². The van der Waals surface area contributed by atoms with E-state index in [2.05, 4.69) is 27.5 Å². The first-order chi connectivity index (χ1) is 14.6. The number of carbonyl (C=O) groups excluding carboxylic acids is 2. The fourth-order valence-corrected chi connectivity index (χ4v) is 5.33. The Labute approximate surface area is 174 Å². The molecule has 30 heavy (non-hydrogen) atoms. The number of amides is 3. The molecule has 4 aliphatic rings. The number of urea groups is 1. The predicted octanol–water partition coefficient (Wildman–Crippen LogP) is 2.44. The number of hydrogen-bond acceptors (Lipinski definition) is 5. The fraction of sp³-hybridized carbons (Fsp3) is 0.591. The van der Waals surface area contributed by atoms with E-state index >= 15 is 0 Å². The van der Waals surface area contributed by atoms with Crippen LogP contribution in [-0.4, -0.2) is 53.3 Å². The highest BCUT2D eigenvalue weighted by Gasteiger charge is 2.42. The Kier molecular flexibility index (Phi) is 4.14. The number of carbonyl (C=O) groups is 2. The number of aromatic nitrogens is 2. The van der Waals surface area contributed by atoms with Gasteiger partial charge in [-0.3, -0.25) is 15.0 Å². The van der Waals surface area contributed by atoms with Crippen LogP contribution in [0.5, 0.6) is 0 Å². The first kappa shape index (κ1) is 18.3. The molecule has 5 heterocycles. The van der Waals surface area contributed by atoms with Crippen molar-refractivity contribution >= 4 is 28.7 Å². The van der Waals surface area contributed by atoms with Crippen LogP contribution in [0.15, 0.2) is 18.5 Å². The molecular formula is C22H27N5O3. The van der Waals surface area contributed by atoms with Gasteiger partial charge in [0.15, 0.2) is 0 Å². The summed E-state index contributed by atoms with van der Waals surface area (Å²) in [5.41, 5.74) is 3.07. The molecule has 3 amide bonds. The SMILES string of the molecule is O=C1CCN(c2cnc3c(c2)c(C2CC2)cn3[C@@H]2COC3(CCNCC3)C2)C(=O)N1. The summed E-state index contributed by atoms with van der Waals surface area (Å²) >= 11 is 0. The van der Waals surface area contributed by atoms with Crippen molar-refractivity contribution in [2.75, 3.05) is 31.1 Å². The number of pyridine rings is 1. The highest BCUT2D eigenvalue weighted by atomic mass is 16.5. The van der Waals surface area contributed by atoms with Crippen molar-refractivity contribution in [3.63, 3.8) is 0 Å². The molecule has 2 aromatic heterocycles. The lowest BCUT2D eigenvalue weighted by molar-refractivity contribution is -0.120. The molecule has 0 bridgehead atoms. The fourth-order valence-electron chi connectivity index (χ4n) is 5.33. The van der Waals surface area contributed by atoms with Crippen molar-refractivity contribution < 1.29 is 14.3 Å². The van der Waals surface area contributed by atoms with E-state index in [0.29, 0.717) is 24.9 Å². The molecule has 1 aliphatic carbocycles. The van der Waals surface area contributed by atoms with Crippen molar-refractivity contribution in [1.29, 1.82) is 0 Å². The standard InChI is InChI=1S/C22H27N5O3/c28-19-3-8-26(21(29)25-19)15-9-17-18(14-1-2-14)12-27(20(17)24-11-15)16-10-22(30-13-16)4-6-23-7-5-22/h9,11-12,14,16,23H,1-8,10,13H2,(H,25,28,29)/t16-/m0/s1. The summed E-state index contributed by atoms with van der Waals surface area (Å²) < 4.78 is 8.67. The highest BCUT2D eigenvalue weighted by molar-refractivity contribution is 6.06. The summed E-state index contributed by atoms with van der Waals surface area (Å²) in [5, 5.41) is 6.97. The van der Waals surface area contributed by atoms with Crippen LogP contribution in [0.25, 0.3) is 11.0 Å². The van der Waals surface area contributed by atoms with Crippen LogP contribution in [0.3, 0.4) is 0 Å². The van der Waals surface area contributed by atoms with Crippen LogP contribution in [-0.2, 0) is 9.53 Å². The van der Waals surface area contributed by atoms with Gasteiger partial charge in [0.1, 0.15) is 5.65 Å². The molecule has 0 unspecified atom stereocenters. The molecule has 2 aromatic rings. The third-order valence-corrected chi connectivity index (χ3v) is 7.17. The molecule has 0 aromatic carbocycles. The van der Waals surface area contributed by atoms with Gasteiger partial charge in [-0.15, -0.1) is 0 Å². The summed E-state index contributed by atoms with van der Waals surface area (Å²) in [5.74, 6) is 0.362. The smallest absolute Gasteiger partial charge is 0.328 e. The molecular weight excluding hydrogens is 382 g/mol. The number of ether oxygens (including phenoxy) is 1. The zero-order chi connectivity index (χ0) is 20.3. The maximum atomic E-state index is 12.3. The number of anilines is 1. The molecule has 4 fully saturated rings. The van der Waals surface area contributed by atoms with Gasteiger partial charge in [0.05, 0.1) is 30.1 Å².